The fourth-order valence-corrected chi connectivity index (χ4v) is 5.35. The zero-order valence-electron chi connectivity index (χ0n) is 10.1. The average molecular weight is 363 g/mol. The van der Waals surface area contributed by atoms with Gasteiger partial charge >= 0.3 is 0 Å². The highest BCUT2D eigenvalue weighted by molar-refractivity contribution is 8.08. The van der Waals surface area contributed by atoms with Crippen molar-refractivity contribution in [3.05, 3.63) is 23.2 Å². The number of sulfonamides is 2. The molecule has 114 valence electrons. The molecule has 0 bridgehead atoms. The average Bonchev–Trinajstić information content (AvgIpc) is 2.09. The molecule has 1 rings (SSSR count). The van der Waals surface area contributed by atoms with E-state index in [0.717, 1.165) is 24.5 Å². The van der Waals surface area contributed by atoms with E-state index in [-0.39, 0.29) is 15.6 Å². The molecule has 0 saturated carbocycles. The fourth-order valence-electron chi connectivity index (χ4n) is 1.29. The zero-order chi connectivity index (χ0) is 15.8. The van der Waals surface area contributed by atoms with Gasteiger partial charge in [-0.05, 0) is 18.2 Å². The lowest BCUT2D eigenvalue weighted by Gasteiger charge is -2.08. The van der Waals surface area contributed by atoms with Crippen LogP contribution in [-0.4, -0.2) is 36.6 Å². The molecule has 0 heterocycles. The number of benzene rings is 1. The summed E-state index contributed by atoms with van der Waals surface area (Å²) in [4.78, 5) is -0.370. The summed E-state index contributed by atoms with van der Waals surface area (Å²) in [6, 6.07) is 3.13. The highest BCUT2D eigenvalue weighted by Gasteiger charge is 2.19. The Balaban J connectivity index is 3.11. The second-order valence-electron chi connectivity index (χ2n) is 3.95. The van der Waals surface area contributed by atoms with Crippen molar-refractivity contribution >= 4 is 47.2 Å². The molecule has 20 heavy (non-hydrogen) atoms. The van der Waals surface area contributed by atoms with Crippen molar-refractivity contribution in [1.82, 2.24) is 0 Å². The number of hydrogen-bond donors (Lipinski definition) is 2. The van der Waals surface area contributed by atoms with Crippen LogP contribution in [0.2, 0.25) is 5.02 Å². The van der Waals surface area contributed by atoms with E-state index in [0.29, 0.717) is 0 Å². The summed E-state index contributed by atoms with van der Waals surface area (Å²) in [6.45, 7) is 0. The highest BCUT2D eigenvalue weighted by Crippen LogP contribution is 2.24. The first-order chi connectivity index (χ1) is 8.80. The van der Waals surface area contributed by atoms with E-state index in [1.54, 1.807) is 0 Å². The van der Waals surface area contributed by atoms with Gasteiger partial charge in [0.15, 0.2) is 14.9 Å². The highest BCUT2D eigenvalue weighted by atomic mass is 35.5. The monoisotopic (exact) mass is 362 g/mol. The number of nitrogens with one attached hydrogen (secondary N) is 1. The van der Waals surface area contributed by atoms with Gasteiger partial charge in [0, 0.05) is 6.26 Å². The van der Waals surface area contributed by atoms with Crippen molar-refractivity contribution in [2.75, 3.05) is 16.1 Å². The number of halogens is 1. The second kappa shape index (κ2) is 5.48. The number of anilines is 1. The molecule has 1 aromatic carbocycles. The van der Waals surface area contributed by atoms with Crippen LogP contribution in [0.1, 0.15) is 0 Å². The third-order valence-corrected chi connectivity index (χ3v) is 6.78. The van der Waals surface area contributed by atoms with Gasteiger partial charge in [-0.1, -0.05) is 11.6 Å². The quantitative estimate of drug-likeness (QED) is 0.738. The number of sulfone groups is 1. The molecule has 0 aliphatic rings. The summed E-state index contributed by atoms with van der Waals surface area (Å²) in [5, 5.41) is 3.50. The Bertz CT molecular complexity index is 829. The molecule has 0 spiro atoms. The Morgan fingerprint density at radius 2 is 1.70 bits per heavy atom. The van der Waals surface area contributed by atoms with Crippen LogP contribution in [0.15, 0.2) is 23.1 Å². The Morgan fingerprint density at radius 3 is 2.10 bits per heavy atom. The molecule has 0 aromatic heterocycles. The van der Waals surface area contributed by atoms with E-state index < -0.39 is 35.0 Å². The van der Waals surface area contributed by atoms with E-state index in [1.165, 1.54) is 0 Å². The molecule has 1 aromatic rings. The summed E-state index contributed by atoms with van der Waals surface area (Å²) in [6.07, 6.45) is 0.767. The third-order valence-electron chi connectivity index (χ3n) is 1.88. The van der Waals surface area contributed by atoms with Gasteiger partial charge in [0.1, 0.15) is 4.90 Å². The number of nitrogens with two attached hydrogens (primary N) is 1. The minimum atomic E-state index is -4.13. The maximum Gasteiger partial charge on any atom is 0.247 e. The van der Waals surface area contributed by atoms with Crippen LogP contribution in [0.5, 0.6) is 0 Å². The van der Waals surface area contributed by atoms with E-state index in [1.807, 2.05) is 4.72 Å². The van der Waals surface area contributed by atoms with Gasteiger partial charge in [-0.15, -0.1) is 0 Å². The van der Waals surface area contributed by atoms with Crippen LogP contribution in [-0.2, 0) is 29.9 Å². The Hall–Kier alpha value is -0.880. The molecule has 0 aliphatic carbocycles. The van der Waals surface area contributed by atoms with Gasteiger partial charge < -0.3 is 0 Å². The lowest BCUT2D eigenvalue weighted by atomic mass is 10.3. The zero-order valence-corrected chi connectivity index (χ0v) is 13.3. The van der Waals surface area contributed by atoms with Crippen LogP contribution in [0.4, 0.5) is 5.69 Å². The van der Waals surface area contributed by atoms with Gasteiger partial charge in [0.25, 0.3) is 0 Å². The summed E-state index contributed by atoms with van der Waals surface area (Å²) in [7, 11) is -11.9. The minimum Gasteiger partial charge on any atom is -0.283 e. The lowest BCUT2D eigenvalue weighted by molar-refractivity contribution is 0.593. The van der Waals surface area contributed by atoms with Gasteiger partial charge in [-0.25, -0.2) is 30.4 Å². The van der Waals surface area contributed by atoms with Crippen molar-refractivity contribution in [1.29, 1.82) is 0 Å². The normalized spacial score (nSPS) is 13.2. The molecular formula is C8H11ClN2O6S3. The lowest BCUT2D eigenvalue weighted by Crippen LogP contribution is -2.22. The summed E-state index contributed by atoms with van der Waals surface area (Å²) in [5.74, 6) is 0. The first kappa shape index (κ1) is 17.2. The van der Waals surface area contributed by atoms with Crippen molar-refractivity contribution in [2.45, 2.75) is 4.90 Å². The molecule has 0 aliphatic heterocycles. The van der Waals surface area contributed by atoms with Gasteiger partial charge in [0.2, 0.25) is 20.0 Å². The standard InChI is InChI=1S/C8H11ClN2O6S3/c1-18(12,13)5-19(14,15)11-6-2-3-8(7(9)4-6)20(10,16)17/h2-4,11H,5H2,1H3,(H2,10,16,17). The van der Waals surface area contributed by atoms with Crippen LogP contribution in [0.25, 0.3) is 0 Å². The Kier molecular flexibility index (Phi) is 4.71. The van der Waals surface area contributed by atoms with E-state index in [9.17, 15) is 25.3 Å². The van der Waals surface area contributed by atoms with Gasteiger partial charge in [-0.3, -0.25) is 4.72 Å². The van der Waals surface area contributed by atoms with Gasteiger partial charge in [-0.2, -0.15) is 0 Å². The minimum absolute atomic E-state index is 0.0777. The predicted octanol–water partition coefficient (Wildman–Crippen LogP) is -0.269. The summed E-state index contributed by atoms with van der Waals surface area (Å²) in [5.41, 5.74) is -0.0777. The number of hydrogen-bond acceptors (Lipinski definition) is 6. The molecule has 0 radical (unpaired) electrons. The van der Waals surface area contributed by atoms with E-state index in [4.69, 9.17) is 16.7 Å². The smallest absolute Gasteiger partial charge is 0.247 e. The van der Waals surface area contributed by atoms with Crippen LogP contribution in [0, 0.1) is 0 Å². The molecule has 3 N–H and O–H groups in total. The van der Waals surface area contributed by atoms with Gasteiger partial charge in [0.05, 0.1) is 10.7 Å². The molecular weight excluding hydrogens is 352 g/mol. The van der Waals surface area contributed by atoms with Crippen LogP contribution >= 0.6 is 11.6 Å². The largest absolute Gasteiger partial charge is 0.283 e. The molecule has 0 saturated heterocycles. The van der Waals surface area contributed by atoms with Crippen LogP contribution in [0.3, 0.4) is 0 Å². The summed E-state index contributed by atoms with van der Waals surface area (Å²) >= 11 is 5.66. The molecule has 8 nitrogen and oxygen atoms in total. The molecule has 0 amide bonds. The SMILES string of the molecule is CS(=O)(=O)CS(=O)(=O)Nc1ccc(S(N)(=O)=O)c(Cl)c1. The third kappa shape index (κ3) is 5.25. The van der Waals surface area contributed by atoms with Crippen molar-refractivity contribution in [2.24, 2.45) is 5.14 Å². The second-order valence-corrected chi connectivity index (χ2v) is 10.1. The van der Waals surface area contributed by atoms with Crippen molar-refractivity contribution < 1.29 is 25.3 Å². The molecule has 12 heteroatoms. The van der Waals surface area contributed by atoms with Crippen molar-refractivity contribution in [3.8, 4) is 0 Å². The Morgan fingerprint density at radius 1 is 1.15 bits per heavy atom. The number of rotatable bonds is 5. The fraction of sp³-hybridized carbons (Fsp3) is 0.250. The maximum atomic E-state index is 11.5. The first-order valence-electron chi connectivity index (χ1n) is 4.81. The number of primary sulfonamides is 1. The topological polar surface area (TPSA) is 140 Å². The van der Waals surface area contributed by atoms with E-state index in [2.05, 4.69) is 0 Å². The Labute approximate surface area is 122 Å². The maximum absolute atomic E-state index is 11.5. The molecule has 0 atom stereocenters. The molecule has 0 unspecified atom stereocenters. The molecule has 0 fully saturated rings. The summed E-state index contributed by atoms with van der Waals surface area (Å²) < 4.78 is 69.2. The predicted molar refractivity (Wildman–Crippen MR) is 75.1 cm³/mol. The van der Waals surface area contributed by atoms with Crippen molar-refractivity contribution in [3.63, 3.8) is 0 Å². The van der Waals surface area contributed by atoms with Crippen LogP contribution < -0.4 is 9.86 Å². The first-order valence-corrected chi connectivity index (χ1v) is 10.4. The van der Waals surface area contributed by atoms with E-state index >= 15 is 0 Å².